The highest BCUT2D eigenvalue weighted by molar-refractivity contribution is 5.65. The van der Waals surface area contributed by atoms with Gasteiger partial charge >= 0.3 is 5.97 Å². The standard InChI is InChI=1S/C21H34O5/c1-17(2)24-14-21(15-25-18(3)4,16-26-19(5)22)11-12-23-13-20-9-7-6-8-10-20/h6-10,17-18H,11-16H2,1-5H3. The van der Waals surface area contributed by atoms with Gasteiger partial charge in [-0.2, -0.15) is 0 Å². The van der Waals surface area contributed by atoms with Gasteiger partial charge in [0.2, 0.25) is 0 Å². The van der Waals surface area contributed by atoms with Crippen molar-refractivity contribution in [3.05, 3.63) is 35.9 Å². The van der Waals surface area contributed by atoms with Crippen LogP contribution in [0.3, 0.4) is 0 Å². The molecule has 1 rings (SSSR count). The van der Waals surface area contributed by atoms with Crippen molar-refractivity contribution in [1.82, 2.24) is 0 Å². The minimum absolute atomic E-state index is 0.0935. The van der Waals surface area contributed by atoms with Crippen LogP contribution in [0.5, 0.6) is 0 Å². The lowest BCUT2D eigenvalue weighted by Crippen LogP contribution is -2.40. The monoisotopic (exact) mass is 366 g/mol. The van der Waals surface area contributed by atoms with Crippen LogP contribution in [0.4, 0.5) is 0 Å². The number of carbonyl (C=O) groups is 1. The fourth-order valence-corrected chi connectivity index (χ4v) is 2.34. The lowest BCUT2D eigenvalue weighted by Gasteiger charge is -2.34. The number of benzene rings is 1. The predicted octanol–water partition coefficient (Wildman–Crippen LogP) is 3.99. The molecule has 0 saturated carbocycles. The number of carbonyl (C=O) groups excluding carboxylic acids is 1. The molecular weight excluding hydrogens is 332 g/mol. The third-order valence-electron chi connectivity index (χ3n) is 3.92. The summed E-state index contributed by atoms with van der Waals surface area (Å²) in [5.74, 6) is -0.298. The highest BCUT2D eigenvalue weighted by Gasteiger charge is 2.33. The molecule has 0 saturated heterocycles. The lowest BCUT2D eigenvalue weighted by molar-refractivity contribution is -0.152. The van der Waals surface area contributed by atoms with Crippen LogP contribution < -0.4 is 0 Å². The summed E-state index contributed by atoms with van der Waals surface area (Å²) in [6.45, 7) is 11.7. The van der Waals surface area contributed by atoms with Crippen molar-refractivity contribution in [3.63, 3.8) is 0 Å². The Morgan fingerprint density at radius 2 is 1.54 bits per heavy atom. The summed E-state index contributed by atoms with van der Waals surface area (Å²) in [5, 5.41) is 0. The predicted molar refractivity (Wildman–Crippen MR) is 102 cm³/mol. The van der Waals surface area contributed by atoms with E-state index in [0.717, 1.165) is 5.56 Å². The summed E-state index contributed by atoms with van der Waals surface area (Å²) in [7, 11) is 0. The van der Waals surface area contributed by atoms with E-state index in [1.165, 1.54) is 6.92 Å². The van der Waals surface area contributed by atoms with Crippen molar-refractivity contribution in [2.75, 3.05) is 26.4 Å². The van der Waals surface area contributed by atoms with Gasteiger partial charge in [-0.3, -0.25) is 4.79 Å². The smallest absolute Gasteiger partial charge is 0.302 e. The zero-order valence-electron chi connectivity index (χ0n) is 16.8. The summed E-state index contributed by atoms with van der Waals surface area (Å²) in [6.07, 6.45) is 0.874. The molecular formula is C21H34O5. The molecule has 0 aliphatic carbocycles. The maximum atomic E-state index is 11.3. The minimum Gasteiger partial charge on any atom is -0.465 e. The molecule has 0 aliphatic rings. The summed E-state index contributed by atoms with van der Waals surface area (Å²) in [4.78, 5) is 11.3. The van der Waals surface area contributed by atoms with E-state index in [0.29, 0.717) is 32.8 Å². The van der Waals surface area contributed by atoms with Gasteiger partial charge in [-0.1, -0.05) is 30.3 Å². The lowest BCUT2D eigenvalue weighted by atomic mass is 9.87. The van der Waals surface area contributed by atoms with Gasteiger partial charge in [0.25, 0.3) is 0 Å². The number of esters is 1. The highest BCUT2D eigenvalue weighted by Crippen LogP contribution is 2.26. The van der Waals surface area contributed by atoms with Gasteiger partial charge in [0, 0.05) is 13.5 Å². The molecule has 5 heteroatoms. The third kappa shape index (κ3) is 9.90. The third-order valence-corrected chi connectivity index (χ3v) is 3.92. The molecule has 0 bridgehead atoms. The zero-order valence-corrected chi connectivity index (χ0v) is 16.8. The van der Waals surface area contributed by atoms with E-state index < -0.39 is 5.41 Å². The molecule has 0 radical (unpaired) electrons. The second-order valence-electron chi connectivity index (χ2n) is 7.29. The molecule has 0 aliphatic heterocycles. The van der Waals surface area contributed by atoms with Gasteiger partial charge in [-0.15, -0.1) is 0 Å². The topological polar surface area (TPSA) is 54.0 Å². The molecule has 0 spiro atoms. The Kier molecular flexibility index (Phi) is 10.5. The number of hydrogen-bond acceptors (Lipinski definition) is 5. The van der Waals surface area contributed by atoms with Gasteiger partial charge in [-0.05, 0) is 39.7 Å². The van der Waals surface area contributed by atoms with E-state index >= 15 is 0 Å². The summed E-state index contributed by atoms with van der Waals surface area (Å²) in [6, 6.07) is 10.1. The molecule has 0 fully saturated rings. The van der Waals surface area contributed by atoms with Crippen LogP contribution in [0.15, 0.2) is 30.3 Å². The second kappa shape index (κ2) is 12.0. The van der Waals surface area contributed by atoms with Crippen molar-refractivity contribution in [2.24, 2.45) is 5.41 Å². The molecule has 1 aromatic carbocycles. The SMILES string of the molecule is CC(=O)OCC(CCOCc1ccccc1)(COC(C)C)COC(C)C. The Labute approximate surface area is 158 Å². The van der Waals surface area contributed by atoms with E-state index in [1.54, 1.807) is 0 Å². The van der Waals surface area contributed by atoms with E-state index in [1.807, 2.05) is 58.0 Å². The zero-order chi connectivity index (χ0) is 19.4. The van der Waals surface area contributed by atoms with Gasteiger partial charge in [0.15, 0.2) is 0 Å². The normalized spacial score (nSPS) is 12.0. The maximum Gasteiger partial charge on any atom is 0.302 e. The fraction of sp³-hybridized carbons (Fsp3) is 0.667. The van der Waals surface area contributed by atoms with E-state index in [2.05, 4.69) is 0 Å². The Morgan fingerprint density at radius 1 is 0.962 bits per heavy atom. The molecule has 0 aromatic heterocycles. The average Bonchev–Trinajstić information content (AvgIpc) is 2.60. The maximum absolute atomic E-state index is 11.3. The van der Waals surface area contributed by atoms with Crippen LogP contribution in [0.25, 0.3) is 0 Å². The first kappa shape index (κ1) is 22.6. The number of rotatable bonds is 13. The first-order valence-corrected chi connectivity index (χ1v) is 9.31. The van der Waals surface area contributed by atoms with Crippen LogP contribution in [0, 0.1) is 5.41 Å². The summed E-state index contributed by atoms with van der Waals surface area (Å²) < 4.78 is 22.9. The molecule has 148 valence electrons. The van der Waals surface area contributed by atoms with E-state index in [9.17, 15) is 4.79 Å². The van der Waals surface area contributed by atoms with Crippen LogP contribution >= 0.6 is 0 Å². The van der Waals surface area contributed by atoms with Crippen LogP contribution in [-0.2, 0) is 30.3 Å². The van der Waals surface area contributed by atoms with Crippen LogP contribution in [0.1, 0.15) is 46.6 Å². The van der Waals surface area contributed by atoms with Crippen molar-refractivity contribution >= 4 is 5.97 Å². The molecule has 0 amide bonds. The molecule has 0 unspecified atom stereocenters. The van der Waals surface area contributed by atoms with Crippen LogP contribution in [0.2, 0.25) is 0 Å². The Balaban J connectivity index is 2.68. The van der Waals surface area contributed by atoms with Gasteiger partial charge < -0.3 is 18.9 Å². The summed E-state index contributed by atoms with van der Waals surface area (Å²) in [5.41, 5.74) is 0.714. The molecule has 5 nitrogen and oxygen atoms in total. The molecule has 0 atom stereocenters. The Hall–Kier alpha value is -1.43. The van der Waals surface area contributed by atoms with E-state index in [4.69, 9.17) is 18.9 Å². The van der Waals surface area contributed by atoms with Crippen molar-refractivity contribution < 1.29 is 23.7 Å². The first-order valence-electron chi connectivity index (χ1n) is 9.31. The number of hydrogen-bond donors (Lipinski definition) is 0. The fourth-order valence-electron chi connectivity index (χ4n) is 2.34. The highest BCUT2D eigenvalue weighted by atomic mass is 16.5. The Bertz CT molecular complexity index is 486. The van der Waals surface area contributed by atoms with Gasteiger partial charge in [0.05, 0.1) is 37.4 Å². The quantitative estimate of drug-likeness (QED) is 0.390. The van der Waals surface area contributed by atoms with Gasteiger partial charge in [-0.25, -0.2) is 0 Å². The summed E-state index contributed by atoms with van der Waals surface area (Å²) >= 11 is 0. The minimum atomic E-state index is -0.420. The first-order chi connectivity index (χ1) is 12.3. The van der Waals surface area contributed by atoms with E-state index in [-0.39, 0.29) is 24.8 Å². The molecule has 1 aromatic rings. The molecule has 0 heterocycles. The van der Waals surface area contributed by atoms with Crippen molar-refractivity contribution in [2.45, 2.75) is 59.9 Å². The Morgan fingerprint density at radius 3 is 2.04 bits per heavy atom. The largest absolute Gasteiger partial charge is 0.465 e. The van der Waals surface area contributed by atoms with Crippen LogP contribution in [-0.4, -0.2) is 44.6 Å². The number of ether oxygens (including phenoxy) is 4. The molecule has 26 heavy (non-hydrogen) atoms. The van der Waals surface area contributed by atoms with Gasteiger partial charge in [0.1, 0.15) is 6.61 Å². The average molecular weight is 366 g/mol. The van der Waals surface area contributed by atoms with Crippen molar-refractivity contribution in [1.29, 1.82) is 0 Å². The molecule has 0 N–H and O–H groups in total. The van der Waals surface area contributed by atoms with Crippen molar-refractivity contribution in [3.8, 4) is 0 Å². The second-order valence-corrected chi connectivity index (χ2v) is 7.29.